The van der Waals surface area contributed by atoms with Crippen molar-refractivity contribution in [2.45, 2.75) is 45.1 Å². The third kappa shape index (κ3) is 2.33. The van der Waals surface area contributed by atoms with Crippen molar-refractivity contribution in [3.8, 4) is 0 Å². The number of rotatable bonds is 3. The summed E-state index contributed by atoms with van der Waals surface area (Å²) in [7, 11) is 0. The molecule has 0 aromatic carbocycles. The summed E-state index contributed by atoms with van der Waals surface area (Å²) in [6.45, 7) is 4.33. The van der Waals surface area contributed by atoms with Gasteiger partial charge in [0, 0.05) is 12.0 Å². The Labute approximate surface area is 92.0 Å². The third-order valence-electron chi connectivity index (χ3n) is 4.32. The maximum Gasteiger partial charge on any atom is 0.220 e. The van der Waals surface area contributed by atoms with Gasteiger partial charge in [-0.2, -0.15) is 0 Å². The lowest BCUT2D eigenvalue weighted by Crippen LogP contribution is -2.46. The van der Waals surface area contributed by atoms with Gasteiger partial charge in [-0.1, -0.05) is 13.3 Å². The van der Waals surface area contributed by atoms with Gasteiger partial charge in [0.2, 0.25) is 5.91 Å². The molecule has 0 aromatic rings. The molecule has 1 atom stereocenters. The van der Waals surface area contributed by atoms with E-state index in [1.54, 1.807) is 0 Å². The zero-order chi connectivity index (χ0) is 10.8. The number of nitrogens with zero attached hydrogens (tertiary/aromatic N) is 1. The topological polar surface area (TPSA) is 46.3 Å². The molecule has 2 aliphatic rings. The summed E-state index contributed by atoms with van der Waals surface area (Å²) in [5.74, 6) is 0.462. The van der Waals surface area contributed by atoms with Crippen molar-refractivity contribution in [3.63, 3.8) is 0 Å². The summed E-state index contributed by atoms with van der Waals surface area (Å²) in [6.07, 6.45) is 6.48. The number of hydrogen-bond acceptors (Lipinski definition) is 2. The molecule has 1 amide bonds. The third-order valence-corrected chi connectivity index (χ3v) is 4.32. The van der Waals surface area contributed by atoms with Crippen LogP contribution in [0.1, 0.15) is 39.0 Å². The van der Waals surface area contributed by atoms with Crippen LogP contribution in [-0.4, -0.2) is 29.9 Å². The summed E-state index contributed by atoms with van der Waals surface area (Å²) in [6, 6.07) is 0.856. The minimum Gasteiger partial charge on any atom is -0.369 e. The molecule has 3 heteroatoms. The monoisotopic (exact) mass is 210 g/mol. The Morgan fingerprint density at radius 2 is 1.87 bits per heavy atom. The lowest BCUT2D eigenvalue weighted by molar-refractivity contribution is -0.123. The van der Waals surface area contributed by atoms with Gasteiger partial charge in [-0.25, -0.2) is 0 Å². The lowest BCUT2D eigenvalue weighted by atomic mass is 9.82. The molecule has 0 spiro atoms. The minimum absolute atomic E-state index is 0.0635. The van der Waals surface area contributed by atoms with Crippen LogP contribution in [0.2, 0.25) is 0 Å². The fraction of sp³-hybridized carbons (Fsp3) is 0.917. The van der Waals surface area contributed by atoms with E-state index in [9.17, 15) is 4.79 Å². The largest absolute Gasteiger partial charge is 0.369 e. The molecule has 1 saturated carbocycles. The van der Waals surface area contributed by atoms with Gasteiger partial charge in [-0.3, -0.25) is 4.79 Å². The zero-order valence-electron chi connectivity index (χ0n) is 9.61. The van der Waals surface area contributed by atoms with E-state index in [4.69, 9.17) is 5.73 Å². The number of carbonyl (C=O) groups is 1. The molecule has 0 radical (unpaired) electrons. The first-order valence-corrected chi connectivity index (χ1v) is 6.22. The molecule has 1 unspecified atom stereocenters. The molecular weight excluding hydrogens is 188 g/mol. The summed E-state index contributed by atoms with van der Waals surface area (Å²) >= 11 is 0. The summed E-state index contributed by atoms with van der Waals surface area (Å²) in [4.78, 5) is 13.7. The Morgan fingerprint density at radius 1 is 1.27 bits per heavy atom. The maximum atomic E-state index is 11.1. The van der Waals surface area contributed by atoms with Gasteiger partial charge in [0.15, 0.2) is 0 Å². The van der Waals surface area contributed by atoms with E-state index in [0.717, 1.165) is 18.9 Å². The van der Waals surface area contributed by atoms with Crippen LogP contribution in [0.15, 0.2) is 0 Å². The molecular formula is C12H22N2O. The molecule has 86 valence electrons. The average molecular weight is 210 g/mol. The van der Waals surface area contributed by atoms with E-state index in [1.807, 2.05) is 6.92 Å². The second-order valence-corrected chi connectivity index (χ2v) is 5.15. The number of amides is 1. The van der Waals surface area contributed by atoms with Gasteiger partial charge < -0.3 is 10.6 Å². The Morgan fingerprint density at radius 3 is 2.27 bits per heavy atom. The molecule has 1 aliphatic heterocycles. The average Bonchev–Trinajstić information content (AvgIpc) is 2.15. The second-order valence-electron chi connectivity index (χ2n) is 5.15. The van der Waals surface area contributed by atoms with Crippen LogP contribution >= 0.6 is 0 Å². The van der Waals surface area contributed by atoms with Gasteiger partial charge in [-0.05, 0) is 44.7 Å². The number of hydrogen-bond donors (Lipinski definition) is 1. The van der Waals surface area contributed by atoms with E-state index in [2.05, 4.69) is 4.90 Å². The molecule has 1 heterocycles. The van der Waals surface area contributed by atoms with Crippen molar-refractivity contribution >= 4 is 5.91 Å². The van der Waals surface area contributed by atoms with Crippen LogP contribution in [0.25, 0.3) is 0 Å². The summed E-state index contributed by atoms with van der Waals surface area (Å²) in [5, 5.41) is 0. The van der Waals surface area contributed by atoms with Crippen molar-refractivity contribution in [2.75, 3.05) is 13.1 Å². The first-order valence-electron chi connectivity index (χ1n) is 6.22. The smallest absolute Gasteiger partial charge is 0.220 e. The van der Waals surface area contributed by atoms with Crippen molar-refractivity contribution in [1.29, 1.82) is 0 Å². The van der Waals surface area contributed by atoms with Gasteiger partial charge >= 0.3 is 0 Å². The normalized spacial score (nSPS) is 27.3. The standard InChI is InChI=1S/C12H22N2O/c1-9(12(13)15)10-5-7-14(8-6-10)11-3-2-4-11/h9-11H,2-8H2,1H3,(H2,13,15). The molecule has 2 N–H and O–H groups in total. The Balaban J connectivity index is 1.78. The number of primary amides is 1. The van der Waals surface area contributed by atoms with Gasteiger partial charge in [0.1, 0.15) is 0 Å². The molecule has 2 fully saturated rings. The first-order chi connectivity index (χ1) is 7.18. The zero-order valence-corrected chi connectivity index (χ0v) is 9.61. The molecule has 1 saturated heterocycles. The van der Waals surface area contributed by atoms with Gasteiger partial charge in [-0.15, -0.1) is 0 Å². The Bertz CT molecular complexity index is 230. The molecule has 0 bridgehead atoms. The first kappa shape index (κ1) is 10.9. The van der Waals surface area contributed by atoms with Crippen molar-refractivity contribution < 1.29 is 4.79 Å². The van der Waals surface area contributed by atoms with Gasteiger partial charge in [0.25, 0.3) is 0 Å². The number of nitrogens with two attached hydrogens (primary N) is 1. The molecule has 2 rings (SSSR count). The lowest BCUT2D eigenvalue weighted by Gasteiger charge is -2.42. The van der Waals surface area contributed by atoms with E-state index in [1.165, 1.54) is 32.4 Å². The fourth-order valence-corrected chi connectivity index (χ4v) is 2.77. The highest BCUT2D eigenvalue weighted by Gasteiger charge is 2.31. The molecule has 1 aliphatic carbocycles. The van der Waals surface area contributed by atoms with Gasteiger partial charge in [0.05, 0.1) is 0 Å². The van der Waals surface area contributed by atoms with Crippen molar-refractivity contribution in [3.05, 3.63) is 0 Å². The second kappa shape index (κ2) is 4.52. The number of carbonyl (C=O) groups excluding carboxylic acids is 1. The number of likely N-dealkylation sites (tertiary alicyclic amines) is 1. The highest BCUT2D eigenvalue weighted by molar-refractivity contribution is 5.76. The Hall–Kier alpha value is -0.570. The SMILES string of the molecule is CC(C(N)=O)C1CCN(C2CCC2)CC1. The highest BCUT2D eigenvalue weighted by atomic mass is 16.1. The highest BCUT2D eigenvalue weighted by Crippen LogP contribution is 2.31. The summed E-state index contributed by atoms with van der Waals surface area (Å²) < 4.78 is 0. The quantitative estimate of drug-likeness (QED) is 0.764. The van der Waals surface area contributed by atoms with Crippen molar-refractivity contribution in [2.24, 2.45) is 17.6 Å². The van der Waals surface area contributed by atoms with Crippen LogP contribution in [0.3, 0.4) is 0 Å². The van der Waals surface area contributed by atoms with Crippen molar-refractivity contribution in [1.82, 2.24) is 4.90 Å². The van der Waals surface area contributed by atoms with E-state index < -0.39 is 0 Å². The maximum absolute atomic E-state index is 11.1. The molecule has 3 nitrogen and oxygen atoms in total. The van der Waals surface area contributed by atoms with Crippen LogP contribution in [0.5, 0.6) is 0 Å². The van der Waals surface area contributed by atoms with E-state index >= 15 is 0 Å². The Kier molecular flexibility index (Phi) is 3.29. The van der Waals surface area contributed by atoms with Crippen LogP contribution in [0.4, 0.5) is 0 Å². The number of piperidine rings is 1. The van der Waals surface area contributed by atoms with Crippen LogP contribution in [-0.2, 0) is 4.79 Å². The van der Waals surface area contributed by atoms with Crippen LogP contribution < -0.4 is 5.73 Å². The molecule has 0 aromatic heterocycles. The minimum atomic E-state index is -0.128. The predicted molar refractivity (Wildman–Crippen MR) is 60.3 cm³/mol. The van der Waals surface area contributed by atoms with E-state index in [0.29, 0.717) is 5.92 Å². The van der Waals surface area contributed by atoms with E-state index in [-0.39, 0.29) is 11.8 Å². The van der Waals surface area contributed by atoms with Crippen LogP contribution in [0, 0.1) is 11.8 Å². The summed E-state index contributed by atoms with van der Waals surface area (Å²) in [5.41, 5.74) is 5.35. The molecule has 15 heavy (non-hydrogen) atoms. The predicted octanol–water partition coefficient (Wildman–Crippen LogP) is 1.37. The fourth-order valence-electron chi connectivity index (χ4n) is 2.77.